The molecule has 0 bridgehead atoms. The lowest BCUT2D eigenvalue weighted by atomic mass is 9.93. The van der Waals surface area contributed by atoms with Crippen molar-refractivity contribution in [3.05, 3.63) is 121 Å². The fourth-order valence-corrected chi connectivity index (χ4v) is 3.76. The normalized spacial score (nSPS) is 12.3. The number of aromatic nitrogens is 3. The molecule has 2 aromatic heterocycles. The summed E-state index contributed by atoms with van der Waals surface area (Å²) in [6.07, 6.45) is 9.89. The third kappa shape index (κ3) is 2.83. The molecule has 1 atom stereocenters. The molecule has 3 aromatic carbocycles. The van der Waals surface area contributed by atoms with E-state index in [2.05, 4.69) is 93.2 Å². The summed E-state index contributed by atoms with van der Waals surface area (Å²) >= 11 is 0. The van der Waals surface area contributed by atoms with E-state index in [1.54, 1.807) is 0 Å². The highest BCUT2D eigenvalue weighted by Crippen LogP contribution is 2.32. The van der Waals surface area contributed by atoms with Crippen molar-refractivity contribution in [1.29, 1.82) is 0 Å². The molecule has 3 heteroatoms. The van der Waals surface area contributed by atoms with Crippen LogP contribution in [0.15, 0.2) is 110 Å². The van der Waals surface area contributed by atoms with E-state index in [9.17, 15) is 0 Å². The van der Waals surface area contributed by atoms with Gasteiger partial charge in [0.25, 0.3) is 0 Å². The van der Waals surface area contributed by atoms with E-state index in [-0.39, 0.29) is 6.04 Å². The van der Waals surface area contributed by atoms with Crippen LogP contribution in [0.4, 0.5) is 0 Å². The fourth-order valence-electron chi connectivity index (χ4n) is 3.76. The lowest BCUT2D eigenvalue weighted by molar-refractivity contribution is 0.681. The second-order valence-corrected chi connectivity index (χ2v) is 6.66. The Kier molecular flexibility index (Phi) is 3.83. The molecule has 0 spiro atoms. The van der Waals surface area contributed by atoms with E-state index in [0.29, 0.717) is 0 Å². The van der Waals surface area contributed by atoms with Crippen LogP contribution in [0.25, 0.3) is 16.5 Å². The fraction of sp³-hybridized carbons (Fsp3) is 0.0417. The van der Waals surface area contributed by atoms with Crippen LogP contribution in [0.3, 0.4) is 0 Å². The van der Waals surface area contributed by atoms with E-state index in [1.807, 2.05) is 30.9 Å². The van der Waals surface area contributed by atoms with Gasteiger partial charge >= 0.3 is 0 Å². The first-order chi connectivity index (χ1) is 13.4. The predicted octanol–water partition coefficient (Wildman–Crippen LogP) is 5.46. The Balaban J connectivity index is 1.66. The SMILES string of the molecule is c1ccc2c(C(c3ccc(-n4cccc4)cc3)n3ccnc3)cccc2c1. The van der Waals surface area contributed by atoms with Gasteiger partial charge in [0.2, 0.25) is 0 Å². The van der Waals surface area contributed by atoms with Crippen LogP contribution in [-0.4, -0.2) is 14.1 Å². The molecule has 3 nitrogen and oxygen atoms in total. The maximum absolute atomic E-state index is 4.29. The van der Waals surface area contributed by atoms with Crippen LogP contribution < -0.4 is 0 Å². The van der Waals surface area contributed by atoms with E-state index < -0.39 is 0 Å². The van der Waals surface area contributed by atoms with Crippen LogP contribution in [0.2, 0.25) is 0 Å². The minimum absolute atomic E-state index is 0.0808. The van der Waals surface area contributed by atoms with Gasteiger partial charge in [-0.15, -0.1) is 0 Å². The summed E-state index contributed by atoms with van der Waals surface area (Å²) < 4.78 is 4.29. The number of nitrogens with zero attached hydrogens (tertiary/aromatic N) is 3. The first-order valence-electron chi connectivity index (χ1n) is 9.08. The van der Waals surface area contributed by atoms with Crippen molar-refractivity contribution >= 4 is 10.8 Å². The second-order valence-electron chi connectivity index (χ2n) is 6.66. The Morgan fingerprint density at radius 1 is 0.704 bits per heavy atom. The Morgan fingerprint density at radius 3 is 2.26 bits per heavy atom. The average molecular weight is 349 g/mol. The smallest absolute Gasteiger partial charge is 0.0954 e. The molecular formula is C24H19N3. The number of hydrogen-bond acceptors (Lipinski definition) is 1. The molecule has 0 saturated heterocycles. The summed E-state index contributed by atoms with van der Waals surface area (Å²) in [6.45, 7) is 0. The van der Waals surface area contributed by atoms with Gasteiger partial charge in [0.05, 0.1) is 12.4 Å². The lowest BCUT2D eigenvalue weighted by Gasteiger charge is -2.22. The molecule has 2 heterocycles. The second kappa shape index (κ2) is 6.61. The van der Waals surface area contributed by atoms with Gasteiger partial charge < -0.3 is 9.13 Å². The van der Waals surface area contributed by atoms with Crippen LogP contribution in [0.5, 0.6) is 0 Å². The predicted molar refractivity (Wildman–Crippen MR) is 109 cm³/mol. The molecular weight excluding hydrogens is 330 g/mol. The summed E-state index contributed by atoms with van der Waals surface area (Å²) in [4.78, 5) is 4.29. The van der Waals surface area contributed by atoms with Gasteiger partial charge in [0.1, 0.15) is 0 Å². The van der Waals surface area contributed by atoms with Gasteiger partial charge in [0.15, 0.2) is 0 Å². The highest BCUT2D eigenvalue weighted by atomic mass is 15.1. The number of rotatable bonds is 4. The van der Waals surface area contributed by atoms with Crippen LogP contribution in [0, 0.1) is 0 Å². The summed E-state index contributed by atoms with van der Waals surface area (Å²) in [5.41, 5.74) is 3.67. The third-order valence-corrected chi connectivity index (χ3v) is 5.05. The van der Waals surface area contributed by atoms with E-state index in [1.165, 1.54) is 21.9 Å². The molecule has 0 radical (unpaired) electrons. The van der Waals surface area contributed by atoms with Gasteiger partial charge in [0, 0.05) is 30.5 Å². The van der Waals surface area contributed by atoms with Crippen molar-refractivity contribution in [3.8, 4) is 5.69 Å². The van der Waals surface area contributed by atoms with Crippen molar-refractivity contribution in [2.24, 2.45) is 0 Å². The first-order valence-corrected chi connectivity index (χ1v) is 9.08. The Bertz CT molecular complexity index is 1150. The first kappa shape index (κ1) is 15.6. The third-order valence-electron chi connectivity index (χ3n) is 5.05. The number of hydrogen-bond donors (Lipinski definition) is 0. The van der Waals surface area contributed by atoms with Gasteiger partial charge in [-0.25, -0.2) is 4.98 Å². The van der Waals surface area contributed by atoms with Crippen LogP contribution in [-0.2, 0) is 0 Å². The molecule has 0 saturated carbocycles. The molecule has 0 amide bonds. The maximum atomic E-state index is 4.29. The molecule has 0 N–H and O–H groups in total. The molecule has 5 rings (SSSR count). The van der Waals surface area contributed by atoms with Crippen LogP contribution >= 0.6 is 0 Å². The number of benzene rings is 3. The van der Waals surface area contributed by atoms with Crippen molar-refractivity contribution in [3.63, 3.8) is 0 Å². The topological polar surface area (TPSA) is 22.8 Å². The molecule has 5 aromatic rings. The quantitative estimate of drug-likeness (QED) is 0.422. The molecule has 0 aliphatic heterocycles. The zero-order valence-electron chi connectivity index (χ0n) is 14.8. The Hall–Kier alpha value is -3.59. The molecule has 0 aliphatic carbocycles. The largest absolute Gasteiger partial charge is 0.326 e. The van der Waals surface area contributed by atoms with Crippen molar-refractivity contribution in [2.75, 3.05) is 0 Å². The summed E-state index contributed by atoms with van der Waals surface area (Å²) in [5.74, 6) is 0. The molecule has 0 fully saturated rings. The summed E-state index contributed by atoms with van der Waals surface area (Å²) in [5, 5.41) is 2.53. The van der Waals surface area contributed by atoms with Crippen molar-refractivity contribution < 1.29 is 0 Å². The lowest BCUT2D eigenvalue weighted by Crippen LogP contribution is -2.11. The van der Waals surface area contributed by atoms with E-state index in [4.69, 9.17) is 0 Å². The number of imidazole rings is 1. The van der Waals surface area contributed by atoms with Crippen molar-refractivity contribution in [1.82, 2.24) is 14.1 Å². The highest BCUT2D eigenvalue weighted by molar-refractivity contribution is 5.86. The zero-order chi connectivity index (χ0) is 18.1. The van der Waals surface area contributed by atoms with E-state index >= 15 is 0 Å². The van der Waals surface area contributed by atoms with Gasteiger partial charge in [-0.1, -0.05) is 54.6 Å². The summed E-state index contributed by atoms with van der Waals surface area (Å²) in [6, 6.07) is 28.0. The minimum Gasteiger partial charge on any atom is -0.326 e. The zero-order valence-corrected chi connectivity index (χ0v) is 14.8. The molecule has 27 heavy (non-hydrogen) atoms. The molecule has 130 valence electrons. The van der Waals surface area contributed by atoms with Gasteiger partial charge in [-0.2, -0.15) is 0 Å². The molecule has 1 unspecified atom stereocenters. The van der Waals surface area contributed by atoms with Gasteiger partial charge in [-0.3, -0.25) is 0 Å². The molecule has 0 aliphatic rings. The minimum atomic E-state index is 0.0808. The van der Waals surface area contributed by atoms with Crippen LogP contribution in [0.1, 0.15) is 17.2 Å². The standard InChI is InChI=1S/C24H19N3/c1-2-8-22-19(6-1)7-5-9-23(22)24(27-17-14-25-18-27)20-10-12-21(13-11-20)26-15-3-4-16-26/h1-18,24H. The van der Waals surface area contributed by atoms with E-state index in [0.717, 1.165) is 5.69 Å². The monoisotopic (exact) mass is 349 g/mol. The average Bonchev–Trinajstić information content (AvgIpc) is 3.44. The Labute approximate surface area is 158 Å². The summed E-state index contributed by atoms with van der Waals surface area (Å²) in [7, 11) is 0. The van der Waals surface area contributed by atoms with Crippen molar-refractivity contribution in [2.45, 2.75) is 6.04 Å². The number of fused-ring (bicyclic) bond motifs is 1. The van der Waals surface area contributed by atoms with Gasteiger partial charge in [-0.05, 0) is 46.2 Å². The highest BCUT2D eigenvalue weighted by Gasteiger charge is 2.18. The maximum Gasteiger partial charge on any atom is 0.0954 e. The Morgan fingerprint density at radius 2 is 1.48 bits per heavy atom.